The van der Waals surface area contributed by atoms with E-state index >= 15 is 0 Å². The Morgan fingerprint density at radius 2 is 1.60 bits per heavy atom. The van der Waals surface area contributed by atoms with Crippen LogP contribution in [0.25, 0.3) is 10.8 Å². The summed E-state index contributed by atoms with van der Waals surface area (Å²) in [5.74, 6) is 0.580. The second-order valence-corrected chi connectivity index (χ2v) is 16.4. The second-order valence-electron chi connectivity index (χ2n) is 16.4. The van der Waals surface area contributed by atoms with Crippen LogP contribution in [0.15, 0.2) is 103 Å². The lowest BCUT2D eigenvalue weighted by molar-refractivity contribution is -0.0802. The minimum atomic E-state index is -1.26. The Hall–Kier alpha value is -4.26. The predicted molar refractivity (Wildman–Crippen MR) is 211 cm³/mol. The topological polar surface area (TPSA) is 87.1 Å². The second kappa shape index (κ2) is 16.0. The summed E-state index contributed by atoms with van der Waals surface area (Å²) in [4.78, 5) is 30.3. The number of nitrogens with zero attached hydrogens (tertiary/aromatic N) is 1. The normalized spacial score (nSPS) is 25.3. The molecule has 2 N–H and O–H groups in total. The number of allylic oxidation sites excluding steroid dienone is 2. The third-order valence-electron chi connectivity index (χ3n) is 12.8. The predicted octanol–water partition coefficient (Wildman–Crippen LogP) is 10.3. The van der Waals surface area contributed by atoms with E-state index in [0.29, 0.717) is 37.9 Å². The number of aliphatic hydroxyl groups is 2. The molecule has 2 saturated carbocycles. The van der Waals surface area contributed by atoms with Crippen LogP contribution in [0.4, 0.5) is 4.79 Å². The SMILES string of the molecule is CC1=CCC[C@@]2(C)[C@@H](CC[C@@]2(O)CN(Cc2ccccc2)C(=O)Oc2ccc3ccccc3c2)c2ccc(cc2C(=O)C2CCCCC2)C[C@@H](O)CC1. The molecular weight excluding hydrogens is 659 g/mol. The molecule has 4 aliphatic carbocycles. The number of carbonyl (C=O) groups excluding carboxylic acids is 2. The van der Waals surface area contributed by atoms with Gasteiger partial charge in [-0.25, -0.2) is 4.79 Å². The first-order valence-corrected chi connectivity index (χ1v) is 19.8. The van der Waals surface area contributed by atoms with Crippen molar-refractivity contribution in [3.05, 3.63) is 125 Å². The number of rotatable bonds is 7. The number of ether oxygens (including phenoxy) is 1. The van der Waals surface area contributed by atoms with Crippen molar-refractivity contribution >= 4 is 22.6 Å². The van der Waals surface area contributed by atoms with Gasteiger partial charge in [-0.3, -0.25) is 4.79 Å². The summed E-state index contributed by atoms with van der Waals surface area (Å²) in [6.45, 7) is 4.69. The minimum absolute atomic E-state index is 0.00456. The van der Waals surface area contributed by atoms with Gasteiger partial charge in [0.15, 0.2) is 5.78 Å². The van der Waals surface area contributed by atoms with Gasteiger partial charge >= 0.3 is 6.09 Å². The van der Waals surface area contributed by atoms with Gasteiger partial charge < -0.3 is 19.8 Å². The number of ketones is 1. The molecule has 4 aromatic rings. The molecule has 4 aromatic carbocycles. The van der Waals surface area contributed by atoms with Gasteiger partial charge in [0.25, 0.3) is 0 Å². The number of hydrogen-bond donors (Lipinski definition) is 2. The van der Waals surface area contributed by atoms with Gasteiger partial charge in [0.1, 0.15) is 5.75 Å². The third kappa shape index (κ3) is 8.14. The molecule has 0 spiro atoms. The van der Waals surface area contributed by atoms with Crippen molar-refractivity contribution < 1.29 is 24.5 Å². The number of Topliss-reactive ketones (excluding diaryl/α,β-unsaturated/α-hetero) is 1. The number of carbonyl (C=O) groups is 2. The smallest absolute Gasteiger partial charge is 0.410 e. The first-order chi connectivity index (χ1) is 25.6. The fourth-order valence-electron chi connectivity index (χ4n) is 9.50. The lowest BCUT2D eigenvalue weighted by atomic mass is 9.64. The zero-order chi connectivity index (χ0) is 37.0. The molecule has 0 aliphatic heterocycles. The van der Waals surface area contributed by atoms with Crippen molar-refractivity contribution in [2.45, 2.75) is 115 Å². The van der Waals surface area contributed by atoms with Crippen LogP contribution in [-0.2, 0) is 13.0 Å². The van der Waals surface area contributed by atoms with Gasteiger partial charge in [0.05, 0.1) is 18.2 Å². The van der Waals surface area contributed by atoms with Crippen molar-refractivity contribution in [2.24, 2.45) is 11.3 Å². The molecule has 8 rings (SSSR count). The molecule has 0 heterocycles. The van der Waals surface area contributed by atoms with Crippen LogP contribution < -0.4 is 4.74 Å². The molecule has 53 heavy (non-hydrogen) atoms. The highest BCUT2D eigenvalue weighted by atomic mass is 16.6. The van der Waals surface area contributed by atoms with E-state index in [1.54, 1.807) is 4.90 Å². The van der Waals surface area contributed by atoms with Crippen molar-refractivity contribution in [2.75, 3.05) is 6.54 Å². The Balaban J connectivity index is 1.26. The average Bonchev–Trinajstić information content (AvgIpc) is 3.42. The average molecular weight is 714 g/mol. The van der Waals surface area contributed by atoms with Crippen LogP contribution in [0, 0.1) is 11.3 Å². The molecule has 0 saturated heterocycles. The number of aliphatic hydroxyl groups excluding tert-OH is 1. The van der Waals surface area contributed by atoms with Crippen molar-refractivity contribution in [3.63, 3.8) is 0 Å². The Labute approximate surface area is 314 Å². The lowest BCUT2D eigenvalue weighted by Gasteiger charge is -2.46. The quantitative estimate of drug-likeness (QED) is 0.147. The molecule has 6 heteroatoms. The maximum atomic E-state index is 14.4. The largest absolute Gasteiger partial charge is 0.415 e. The number of fused-ring (bicyclic) bond motifs is 9. The van der Waals surface area contributed by atoms with Crippen LogP contribution >= 0.6 is 0 Å². The van der Waals surface area contributed by atoms with E-state index in [1.165, 1.54) is 12.0 Å². The van der Waals surface area contributed by atoms with E-state index in [2.05, 4.69) is 38.1 Å². The molecule has 0 aromatic heterocycles. The van der Waals surface area contributed by atoms with Crippen LogP contribution in [0.5, 0.6) is 5.75 Å². The van der Waals surface area contributed by atoms with Gasteiger partial charge in [-0.05, 0) is 116 Å². The van der Waals surface area contributed by atoms with Gasteiger partial charge in [-0.15, -0.1) is 0 Å². The molecule has 278 valence electrons. The Kier molecular flexibility index (Phi) is 11.2. The van der Waals surface area contributed by atoms with E-state index in [9.17, 15) is 19.8 Å². The molecule has 4 atom stereocenters. The number of benzene rings is 4. The Morgan fingerprint density at radius 3 is 2.40 bits per heavy atom. The van der Waals surface area contributed by atoms with Gasteiger partial charge in [-0.2, -0.15) is 0 Å². The highest BCUT2D eigenvalue weighted by Gasteiger charge is 2.58. The highest BCUT2D eigenvalue weighted by Crippen LogP contribution is 2.59. The summed E-state index contributed by atoms with van der Waals surface area (Å²) in [7, 11) is 0. The summed E-state index contributed by atoms with van der Waals surface area (Å²) in [6.07, 6.45) is 11.0. The molecular formula is C47H55NO5. The molecule has 2 bridgehead atoms. The number of hydrogen-bond acceptors (Lipinski definition) is 5. The molecule has 1 amide bonds. The number of amides is 1. The zero-order valence-electron chi connectivity index (χ0n) is 31.4. The van der Waals surface area contributed by atoms with Crippen LogP contribution in [0.2, 0.25) is 0 Å². The Bertz CT molecular complexity index is 1950. The highest BCUT2D eigenvalue weighted by molar-refractivity contribution is 5.99. The fraction of sp³-hybridized carbons (Fsp3) is 0.447. The minimum Gasteiger partial charge on any atom is -0.410 e. The molecule has 6 nitrogen and oxygen atoms in total. The van der Waals surface area contributed by atoms with E-state index in [-0.39, 0.29) is 30.7 Å². The maximum absolute atomic E-state index is 14.4. The van der Waals surface area contributed by atoms with Crippen LogP contribution in [0.3, 0.4) is 0 Å². The van der Waals surface area contributed by atoms with Crippen LogP contribution in [-0.4, -0.2) is 45.2 Å². The van der Waals surface area contributed by atoms with Gasteiger partial charge in [0.2, 0.25) is 0 Å². The molecule has 2 fully saturated rings. The summed E-state index contributed by atoms with van der Waals surface area (Å²) >= 11 is 0. The lowest BCUT2D eigenvalue weighted by Crippen LogP contribution is -2.54. The van der Waals surface area contributed by atoms with Crippen LogP contribution in [0.1, 0.15) is 117 Å². The van der Waals surface area contributed by atoms with Crippen molar-refractivity contribution in [3.8, 4) is 5.75 Å². The van der Waals surface area contributed by atoms with Crippen molar-refractivity contribution in [1.82, 2.24) is 4.90 Å². The van der Waals surface area contributed by atoms with E-state index in [0.717, 1.165) is 71.6 Å². The molecule has 4 aliphatic rings. The summed E-state index contributed by atoms with van der Waals surface area (Å²) in [6, 6.07) is 29.8. The van der Waals surface area contributed by atoms with Crippen molar-refractivity contribution in [1.29, 1.82) is 0 Å². The monoisotopic (exact) mass is 713 g/mol. The van der Waals surface area contributed by atoms with E-state index in [4.69, 9.17) is 4.74 Å². The van der Waals surface area contributed by atoms with Gasteiger partial charge in [0, 0.05) is 23.4 Å². The zero-order valence-corrected chi connectivity index (χ0v) is 31.4. The summed E-state index contributed by atoms with van der Waals surface area (Å²) < 4.78 is 6.08. The standard InChI is InChI=1S/C47H55NO5/c1-33-12-11-26-46(2)43(41-24-20-35(28-39(49)22-19-33)29-42(41)44(50)37-16-7-4-8-17-37)25-27-47(46,52)32-48(31-34-13-5-3-6-14-34)45(51)53-40-23-21-36-15-9-10-18-38(36)30-40/h3,5-6,9-10,12-15,18,20-21,23-24,29-30,37,39,43,49,52H,4,7-8,11,16-17,19,22,25-28,31-32H2,1-2H3/t39-,43-,46-,47+/m0/s1. The molecule has 0 radical (unpaired) electrons. The third-order valence-corrected chi connectivity index (χ3v) is 12.8. The van der Waals surface area contributed by atoms with E-state index < -0.39 is 23.2 Å². The first-order valence-electron chi connectivity index (χ1n) is 19.8. The maximum Gasteiger partial charge on any atom is 0.415 e. The summed E-state index contributed by atoms with van der Waals surface area (Å²) in [5.41, 5.74) is 3.02. The fourth-order valence-corrected chi connectivity index (χ4v) is 9.50. The first kappa shape index (κ1) is 37.1. The molecule has 0 unspecified atom stereocenters. The van der Waals surface area contributed by atoms with E-state index in [1.807, 2.05) is 72.8 Å². The van der Waals surface area contributed by atoms with Gasteiger partial charge in [-0.1, -0.05) is 111 Å². The summed E-state index contributed by atoms with van der Waals surface area (Å²) in [5, 5.41) is 26.1. The Morgan fingerprint density at radius 1 is 0.849 bits per heavy atom.